The molecule has 0 radical (unpaired) electrons. The number of hydrogen-bond donors (Lipinski definition) is 0. The number of aromatic nitrogens is 3. The monoisotopic (exact) mass is 423 g/mol. The zero-order chi connectivity index (χ0) is 20.0. The molecule has 0 bridgehead atoms. The molecule has 29 heavy (non-hydrogen) atoms. The third kappa shape index (κ3) is 3.35. The van der Waals surface area contributed by atoms with Crippen molar-refractivity contribution in [2.45, 2.75) is 0 Å². The lowest BCUT2D eigenvalue weighted by molar-refractivity contribution is 0.571. The van der Waals surface area contributed by atoms with E-state index in [4.69, 9.17) is 16.0 Å². The molecule has 0 amide bonds. The Hall–Kier alpha value is -3.29. The first-order chi connectivity index (χ1) is 14.1. The third-order valence-electron chi connectivity index (χ3n) is 4.29. The van der Waals surface area contributed by atoms with Crippen LogP contribution in [0, 0.1) is 5.82 Å². The molecule has 0 aliphatic carbocycles. The molecule has 0 saturated heterocycles. The van der Waals surface area contributed by atoms with Crippen LogP contribution in [0.3, 0.4) is 0 Å². The number of furan rings is 1. The molecule has 2 aromatic carbocycles. The Morgan fingerprint density at radius 3 is 2.66 bits per heavy atom. The van der Waals surface area contributed by atoms with Crippen LogP contribution in [0.2, 0.25) is 5.02 Å². The van der Waals surface area contributed by atoms with E-state index < -0.39 is 0 Å². The average Bonchev–Trinajstić information content (AvgIpc) is 3.41. The Bertz CT molecular complexity index is 1450. The van der Waals surface area contributed by atoms with Crippen molar-refractivity contribution in [1.29, 1.82) is 0 Å². The van der Waals surface area contributed by atoms with Gasteiger partial charge in [-0.05, 0) is 48.5 Å². The van der Waals surface area contributed by atoms with Crippen LogP contribution >= 0.6 is 22.9 Å². The lowest BCUT2D eigenvalue weighted by Crippen LogP contribution is -2.23. The molecule has 5 rings (SSSR count). The Kier molecular flexibility index (Phi) is 4.26. The van der Waals surface area contributed by atoms with Crippen molar-refractivity contribution in [1.82, 2.24) is 14.6 Å². The number of nitrogens with zero attached hydrogens (tertiary/aromatic N) is 3. The number of halogens is 2. The smallest absolute Gasteiger partial charge is 0.291 e. The van der Waals surface area contributed by atoms with Crippen LogP contribution in [0.5, 0.6) is 0 Å². The number of hydrogen-bond acceptors (Lipinski definition) is 5. The first-order valence-corrected chi connectivity index (χ1v) is 9.79. The summed E-state index contributed by atoms with van der Waals surface area (Å²) in [6.45, 7) is 0. The summed E-state index contributed by atoms with van der Waals surface area (Å²) in [7, 11) is 0. The zero-order valence-electron chi connectivity index (χ0n) is 14.7. The quantitative estimate of drug-likeness (QED) is 0.431. The molecule has 5 aromatic rings. The average molecular weight is 424 g/mol. The maximum atomic E-state index is 13.1. The van der Waals surface area contributed by atoms with Gasteiger partial charge in [0.1, 0.15) is 21.9 Å². The minimum absolute atomic E-state index is 0.273. The standard InChI is InChI=1S/C21H11ClFN3O2S/c22-14-3-1-2-13(10-14)19-24-21-26(25-19)20(27)18(29-21)11-16-8-9-17(28-16)12-4-6-15(23)7-5-12/h1-11H/b18-11-. The maximum absolute atomic E-state index is 13.1. The van der Waals surface area contributed by atoms with Gasteiger partial charge in [0, 0.05) is 22.2 Å². The molecule has 3 aromatic heterocycles. The van der Waals surface area contributed by atoms with Crippen molar-refractivity contribution in [2.75, 3.05) is 0 Å². The van der Waals surface area contributed by atoms with Gasteiger partial charge in [0.05, 0.1) is 0 Å². The Balaban J connectivity index is 1.52. The second kappa shape index (κ2) is 6.95. The van der Waals surface area contributed by atoms with Gasteiger partial charge < -0.3 is 4.42 Å². The zero-order valence-corrected chi connectivity index (χ0v) is 16.2. The maximum Gasteiger partial charge on any atom is 0.291 e. The fourth-order valence-corrected chi connectivity index (χ4v) is 3.99. The van der Waals surface area contributed by atoms with Gasteiger partial charge in [0.15, 0.2) is 5.82 Å². The Labute approximate surface area is 172 Å². The van der Waals surface area contributed by atoms with Gasteiger partial charge in [-0.1, -0.05) is 35.1 Å². The molecule has 0 atom stereocenters. The topological polar surface area (TPSA) is 60.4 Å². The summed E-state index contributed by atoms with van der Waals surface area (Å²) in [5.74, 6) is 1.24. The van der Waals surface area contributed by atoms with Gasteiger partial charge in [-0.3, -0.25) is 4.79 Å². The van der Waals surface area contributed by atoms with E-state index >= 15 is 0 Å². The van der Waals surface area contributed by atoms with Gasteiger partial charge in [-0.2, -0.15) is 9.50 Å². The minimum atomic E-state index is -0.310. The Morgan fingerprint density at radius 2 is 1.90 bits per heavy atom. The third-order valence-corrected chi connectivity index (χ3v) is 5.49. The van der Waals surface area contributed by atoms with Gasteiger partial charge in [-0.15, -0.1) is 5.10 Å². The van der Waals surface area contributed by atoms with Gasteiger partial charge in [0.2, 0.25) is 4.96 Å². The fraction of sp³-hybridized carbons (Fsp3) is 0. The first kappa shape index (κ1) is 17.8. The molecule has 0 fully saturated rings. The molecule has 3 heterocycles. The van der Waals surface area contributed by atoms with Crippen LogP contribution in [0.25, 0.3) is 33.7 Å². The number of rotatable bonds is 3. The highest BCUT2D eigenvalue weighted by atomic mass is 35.5. The van der Waals surface area contributed by atoms with Crippen LogP contribution in [-0.2, 0) is 0 Å². The van der Waals surface area contributed by atoms with E-state index in [1.54, 1.807) is 48.5 Å². The molecular weight excluding hydrogens is 413 g/mol. The summed E-state index contributed by atoms with van der Waals surface area (Å²) in [5, 5.41) is 4.88. The van der Waals surface area contributed by atoms with E-state index in [0.717, 1.165) is 11.1 Å². The molecule has 0 unspecified atom stereocenters. The summed E-state index contributed by atoms with van der Waals surface area (Å²) < 4.78 is 20.6. The van der Waals surface area contributed by atoms with E-state index in [-0.39, 0.29) is 11.4 Å². The van der Waals surface area contributed by atoms with Gasteiger partial charge >= 0.3 is 0 Å². The van der Waals surface area contributed by atoms with Crippen molar-refractivity contribution in [3.05, 3.63) is 92.1 Å². The predicted octanol–water partition coefficient (Wildman–Crippen LogP) is 4.42. The largest absolute Gasteiger partial charge is 0.457 e. The van der Waals surface area contributed by atoms with Crippen molar-refractivity contribution in [3.63, 3.8) is 0 Å². The summed E-state index contributed by atoms with van der Waals surface area (Å²) >= 11 is 7.24. The lowest BCUT2D eigenvalue weighted by Gasteiger charge is -1.95. The highest BCUT2D eigenvalue weighted by Crippen LogP contribution is 2.23. The molecule has 0 aliphatic rings. The lowest BCUT2D eigenvalue weighted by atomic mass is 10.2. The molecule has 5 nitrogen and oxygen atoms in total. The van der Waals surface area contributed by atoms with E-state index in [0.29, 0.717) is 31.9 Å². The highest BCUT2D eigenvalue weighted by molar-refractivity contribution is 7.15. The molecule has 0 N–H and O–H groups in total. The number of benzene rings is 2. The second-order valence-corrected chi connectivity index (χ2v) is 7.71. The summed E-state index contributed by atoms with van der Waals surface area (Å²) in [4.78, 5) is 17.6. The van der Waals surface area contributed by atoms with Crippen molar-refractivity contribution < 1.29 is 8.81 Å². The SMILES string of the molecule is O=c1/c(=C/c2ccc(-c3ccc(F)cc3)o2)sc2nc(-c3cccc(Cl)c3)nn12. The summed E-state index contributed by atoms with van der Waals surface area (Å²) in [6, 6.07) is 16.7. The summed E-state index contributed by atoms with van der Waals surface area (Å²) in [5.41, 5.74) is 1.22. The van der Waals surface area contributed by atoms with Crippen LogP contribution in [0.15, 0.2) is 69.9 Å². The normalized spacial score (nSPS) is 12.1. The highest BCUT2D eigenvalue weighted by Gasteiger charge is 2.13. The first-order valence-electron chi connectivity index (χ1n) is 8.60. The fourth-order valence-electron chi connectivity index (χ4n) is 2.91. The van der Waals surface area contributed by atoms with E-state index in [9.17, 15) is 9.18 Å². The van der Waals surface area contributed by atoms with Crippen molar-refractivity contribution in [2.24, 2.45) is 0 Å². The second-order valence-electron chi connectivity index (χ2n) is 6.26. The van der Waals surface area contributed by atoms with Crippen molar-refractivity contribution in [3.8, 4) is 22.7 Å². The van der Waals surface area contributed by atoms with Crippen LogP contribution in [-0.4, -0.2) is 14.6 Å². The molecule has 0 spiro atoms. The van der Waals surface area contributed by atoms with Crippen molar-refractivity contribution >= 4 is 34.0 Å². The number of fused-ring (bicyclic) bond motifs is 1. The van der Waals surface area contributed by atoms with Gasteiger partial charge in [0.25, 0.3) is 5.56 Å². The van der Waals surface area contributed by atoms with Crippen LogP contribution < -0.4 is 10.1 Å². The van der Waals surface area contributed by atoms with E-state index in [1.807, 2.05) is 6.07 Å². The predicted molar refractivity (Wildman–Crippen MR) is 110 cm³/mol. The number of thiazole rings is 1. The Morgan fingerprint density at radius 1 is 1.07 bits per heavy atom. The molecular formula is C21H11ClFN3O2S. The van der Waals surface area contributed by atoms with Crippen LogP contribution in [0.4, 0.5) is 4.39 Å². The van der Waals surface area contributed by atoms with E-state index in [2.05, 4.69) is 10.1 Å². The minimum Gasteiger partial charge on any atom is -0.457 e. The molecule has 8 heteroatoms. The van der Waals surface area contributed by atoms with E-state index in [1.165, 1.54) is 28.0 Å². The van der Waals surface area contributed by atoms with Gasteiger partial charge in [-0.25, -0.2) is 4.39 Å². The molecule has 0 saturated carbocycles. The molecule has 142 valence electrons. The van der Waals surface area contributed by atoms with Crippen LogP contribution in [0.1, 0.15) is 5.76 Å². The molecule has 0 aliphatic heterocycles. The summed E-state index contributed by atoms with van der Waals surface area (Å²) in [6.07, 6.45) is 1.65.